The first-order valence-corrected chi connectivity index (χ1v) is 8.07. The first-order chi connectivity index (χ1) is 11.5. The van der Waals surface area contributed by atoms with Crippen LogP contribution < -0.4 is 5.32 Å². The molecule has 0 fully saturated rings. The number of fused-ring (bicyclic) bond motifs is 1. The molecule has 0 radical (unpaired) electrons. The van der Waals surface area contributed by atoms with Crippen LogP contribution in [-0.4, -0.2) is 41.2 Å². The van der Waals surface area contributed by atoms with Gasteiger partial charge in [0.1, 0.15) is 0 Å². The second-order valence-electron chi connectivity index (χ2n) is 5.92. The topological polar surface area (TPSA) is 50.2 Å². The molecule has 0 aliphatic carbocycles. The molecule has 1 aromatic heterocycles. The molecule has 1 amide bonds. The zero-order valence-corrected chi connectivity index (χ0v) is 14.4. The number of rotatable bonds is 5. The van der Waals surface area contributed by atoms with Gasteiger partial charge in [0.05, 0.1) is 18.4 Å². The minimum atomic E-state index is -0.157. The van der Waals surface area contributed by atoms with E-state index in [0.717, 1.165) is 23.9 Å². The molecular formula is C18H19ClN4O. The lowest BCUT2D eigenvalue weighted by Crippen LogP contribution is -2.18. The summed E-state index contributed by atoms with van der Waals surface area (Å²) in [6.45, 7) is 1.66. The largest absolute Gasteiger partial charge is 0.319 e. The Labute approximate surface area is 145 Å². The van der Waals surface area contributed by atoms with Gasteiger partial charge in [-0.1, -0.05) is 29.8 Å². The van der Waals surface area contributed by atoms with Crippen molar-refractivity contribution < 1.29 is 4.79 Å². The average Bonchev–Trinajstić information content (AvgIpc) is 2.99. The molecule has 3 rings (SSSR count). The maximum Gasteiger partial charge on any atom is 0.256 e. The number of benzene rings is 2. The molecule has 0 saturated carbocycles. The van der Waals surface area contributed by atoms with Crippen LogP contribution in [0.3, 0.4) is 0 Å². The summed E-state index contributed by atoms with van der Waals surface area (Å²) in [5, 5.41) is 9.64. The van der Waals surface area contributed by atoms with E-state index in [1.54, 1.807) is 12.3 Å². The van der Waals surface area contributed by atoms with Crippen LogP contribution in [0.15, 0.2) is 48.8 Å². The fraction of sp³-hybridized carbons (Fsp3) is 0.222. The number of carbonyl (C=O) groups excluding carboxylic acids is 1. The van der Waals surface area contributed by atoms with Crippen molar-refractivity contribution >= 4 is 34.0 Å². The highest BCUT2D eigenvalue weighted by Gasteiger charge is 2.11. The predicted octanol–water partition coefficient (Wildman–Crippen LogP) is 3.50. The highest BCUT2D eigenvalue weighted by Crippen LogP contribution is 2.23. The van der Waals surface area contributed by atoms with Gasteiger partial charge >= 0.3 is 0 Å². The minimum absolute atomic E-state index is 0.157. The fourth-order valence-electron chi connectivity index (χ4n) is 2.50. The number of likely N-dealkylation sites (N-methyl/N-ethyl adjacent to an activating group) is 1. The van der Waals surface area contributed by atoms with Crippen molar-refractivity contribution in [3.05, 3.63) is 59.4 Å². The van der Waals surface area contributed by atoms with E-state index in [0.29, 0.717) is 16.3 Å². The van der Waals surface area contributed by atoms with Gasteiger partial charge in [0.15, 0.2) is 0 Å². The smallest absolute Gasteiger partial charge is 0.256 e. The van der Waals surface area contributed by atoms with Crippen molar-refractivity contribution in [2.45, 2.75) is 6.54 Å². The van der Waals surface area contributed by atoms with Gasteiger partial charge in [-0.25, -0.2) is 0 Å². The monoisotopic (exact) mass is 342 g/mol. The summed E-state index contributed by atoms with van der Waals surface area (Å²) in [7, 11) is 4.03. The van der Waals surface area contributed by atoms with Gasteiger partial charge in [-0.2, -0.15) is 5.10 Å². The molecule has 5 nitrogen and oxygen atoms in total. The second-order valence-corrected chi connectivity index (χ2v) is 6.36. The van der Waals surface area contributed by atoms with Gasteiger partial charge in [-0.3, -0.25) is 9.48 Å². The number of halogens is 1. The summed E-state index contributed by atoms with van der Waals surface area (Å²) in [6, 6.07) is 11.1. The lowest BCUT2D eigenvalue weighted by Gasteiger charge is -2.09. The van der Waals surface area contributed by atoms with E-state index < -0.39 is 0 Å². The molecule has 0 atom stereocenters. The van der Waals surface area contributed by atoms with Crippen molar-refractivity contribution in [3.63, 3.8) is 0 Å². The summed E-state index contributed by atoms with van der Waals surface area (Å²) in [5.41, 5.74) is 1.30. The van der Waals surface area contributed by atoms with Crippen LogP contribution in [0.2, 0.25) is 5.02 Å². The summed E-state index contributed by atoms with van der Waals surface area (Å²) < 4.78 is 1.82. The van der Waals surface area contributed by atoms with Gasteiger partial charge in [-0.15, -0.1) is 0 Å². The maximum absolute atomic E-state index is 12.6. The van der Waals surface area contributed by atoms with Crippen molar-refractivity contribution in [1.29, 1.82) is 0 Å². The zero-order chi connectivity index (χ0) is 17.1. The highest BCUT2D eigenvalue weighted by atomic mass is 35.5. The third kappa shape index (κ3) is 3.75. The molecule has 1 N–H and O–H groups in total. The van der Waals surface area contributed by atoms with Crippen LogP contribution in [-0.2, 0) is 6.54 Å². The summed E-state index contributed by atoms with van der Waals surface area (Å²) in [4.78, 5) is 14.7. The first kappa shape index (κ1) is 16.5. The van der Waals surface area contributed by atoms with Crippen LogP contribution in [0.25, 0.3) is 10.8 Å². The van der Waals surface area contributed by atoms with Crippen LogP contribution in [0.1, 0.15) is 10.4 Å². The number of amides is 1. The predicted molar refractivity (Wildman–Crippen MR) is 97.7 cm³/mol. The molecule has 2 aromatic carbocycles. The van der Waals surface area contributed by atoms with Crippen molar-refractivity contribution in [1.82, 2.24) is 14.7 Å². The maximum atomic E-state index is 12.6. The Morgan fingerprint density at radius 1 is 1.29 bits per heavy atom. The third-order valence-electron chi connectivity index (χ3n) is 3.75. The molecule has 124 valence electrons. The molecular weight excluding hydrogens is 324 g/mol. The summed E-state index contributed by atoms with van der Waals surface area (Å²) >= 11 is 6.02. The molecule has 24 heavy (non-hydrogen) atoms. The van der Waals surface area contributed by atoms with E-state index in [2.05, 4.69) is 15.3 Å². The quantitative estimate of drug-likeness (QED) is 0.772. The second kappa shape index (κ2) is 7.03. The van der Waals surface area contributed by atoms with Gasteiger partial charge in [0.2, 0.25) is 0 Å². The number of anilines is 1. The highest BCUT2D eigenvalue weighted by molar-refractivity contribution is 6.31. The number of aromatic nitrogens is 2. The summed E-state index contributed by atoms with van der Waals surface area (Å²) in [6.07, 6.45) is 3.50. The van der Waals surface area contributed by atoms with Crippen LogP contribution in [0, 0.1) is 0 Å². The van der Waals surface area contributed by atoms with Crippen molar-refractivity contribution in [2.24, 2.45) is 0 Å². The average molecular weight is 343 g/mol. The zero-order valence-electron chi connectivity index (χ0n) is 13.7. The molecule has 3 aromatic rings. The number of nitrogens with one attached hydrogen (secondary N) is 1. The fourth-order valence-corrected chi connectivity index (χ4v) is 2.68. The Hall–Kier alpha value is -2.37. The molecule has 6 heteroatoms. The number of hydrogen-bond donors (Lipinski definition) is 1. The lowest BCUT2D eigenvalue weighted by atomic mass is 10.0. The third-order valence-corrected chi connectivity index (χ3v) is 3.99. The van der Waals surface area contributed by atoms with Gasteiger partial charge in [0.25, 0.3) is 5.91 Å². The minimum Gasteiger partial charge on any atom is -0.319 e. The number of nitrogens with zero attached hydrogens (tertiary/aromatic N) is 3. The van der Waals surface area contributed by atoms with E-state index in [4.69, 9.17) is 11.6 Å². The van der Waals surface area contributed by atoms with E-state index in [9.17, 15) is 4.79 Å². The Balaban J connectivity index is 1.78. The number of carbonyl (C=O) groups is 1. The molecule has 0 unspecified atom stereocenters. The standard InChI is InChI=1S/C18H19ClN4O/c1-22(2)8-9-23-12-15(11-20-23)21-18(24)17-5-3-4-13-10-14(19)6-7-16(13)17/h3-7,10-12H,8-9H2,1-2H3,(H,21,24). The molecule has 0 spiro atoms. The van der Waals surface area contributed by atoms with E-state index in [-0.39, 0.29) is 5.91 Å². The van der Waals surface area contributed by atoms with Gasteiger partial charge in [0, 0.05) is 23.3 Å². The number of hydrogen-bond acceptors (Lipinski definition) is 3. The SMILES string of the molecule is CN(C)CCn1cc(NC(=O)c2cccc3cc(Cl)ccc23)cn1. The van der Waals surface area contributed by atoms with E-state index >= 15 is 0 Å². The van der Waals surface area contributed by atoms with Gasteiger partial charge < -0.3 is 10.2 Å². The Morgan fingerprint density at radius 2 is 2.12 bits per heavy atom. The molecule has 0 saturated heterocycles. The van der Waals surface area contributed by atoms with E-state index in [1.165, 1.54) is 0 Å². The molecule has 0 bridgehead atoms. The summed E-state index contributed by atoms with van der Waals surface area (Å²) in [5.74, 6) is -0.157. The van der Waals surface area contributed by atoms with Crippen LogP contribution in [0.5, 0.6) is 0 Å². The van der Waals surface area contributed by atoms with Crippen molar-refractivity contribution in [3.8, 4) is 0 Å². The first-order valence-electron chi connectivity index (χ1n) is 7.70. The van der Waals surface area contributed by atoms with E-state index in [1.807, 2.05) is 55.3 Å². The van der Waals surface area contributed by atoms with Crippen LogP contribution in [0.4, 0.5) is 5.69 Å². The van der Waals surface area contributed by atoms with Crippen molar-refractivity contribution in [2.75, 3.05) is 26.0 Å². The van der Waals surface area contributed by atoms with Gasteiger partial charge in [-0.05, 0) is 43.1 Å². The Bertz CT molecular complexity index is 872. The van der Waals surface area contributed by atoms with Crippen LogP contribution >= 0.6 is 11.6 Å². The Kier molecular flexibility index (Phi) is 4.83. The normalized spacial score (nSPS) is 11.2. The molecule has 0 aliphatic heterocycles. The lowest BCUT2D eigenvalue weighted by molar-refractivity contribution is 0.102. The Morgan fingerprint density at radius 3 is 2.92 bits per heavy atom. The molecule has 1 heterocycles. The molecule has 0 aliphatic rings.